The van der Waals surface area contributed by atoms with Gasteiger partial charge >= 0.3 is 0 Å². The first-order chi connectivity index (χ1) is 8.29. The van der Waals surface area contributed by atoms with Crippen LogP contribution < -0.4 is 5.32 Å². The molecule has 0 amide bonds. The predicted octanol–water partition coefficient (Wildman–Crippen LogP) is 0.543. The zero-order valence-electron chi connectivity index (χ0n) is 10.6. The fraction of sp³-hybridized carbons (Fsp3) is 0.615. The van der Waals surface area contributed by atoms with E-state index in [1.807, 2.05) is 25.4 Å². The second-order valence-corrected chi connectivity index (χ2v) is 4.59. The Bertz CT molecular complexity index is 331. The van der Waals surface area contributed by atoms with Crippen LogP contribution in [0.5, 0.6) is 0 Å². The molecule has 0 radical (unpaired) electrons. The number of pyridine rings is 1. The van der Waals surface area contributed by atoms with Crippen molar-refractivity contribution >= 4 is 0 Å². The van der Waals surface area contributed by atoms with Gasteiger partial charge in [-0.2, -0.15) is 0 Å². The molecule has 2 heterocycles. The van der Waals surface area contributed by atoms with Crippen LogP contribution in [-0.4, -0.2) is 55.8 Å². The summed E-state index contributed by atoms with van der Waals surface area (Å²) in [7, 11) is 4.13. The molecule has 2 atom stereocenters. The van der Waals surface area contributed by atoms with Gasteiger partial charge in [-0.15, -0.1) is 0 Å². The molecule has 1 aromatic rings. The molecule has 0 bridgehead atoms. The number of morpholine rings is 1. The molecule has 4 heteroatoms. The van der Waals surface area contributed by atoms with E-state index >= 15 is 0 Å². The molecule has 0 aliphatic carbocycles. The van der Waals surface area contributed by atoms with Crippen molar-refractivity contribution in [2.24, 2.45) is 0 Å². The van der Waals surface area contributed by atoms with E-state index in [0.717, 1.165) is 31.8 Å². The Morgan fingerprint density at radius 1 is 1.59 bits per heavy atom. The minimum Gasteiger partial charge on any atom is -0.374 e. The number of aromatic nitrogens is 1. The van der Waals surface area contributed by atoms with E-state index in [0.29, 0.717) is 6.04 Å². The molecule has 4 nitrogen and oxygen atoms in total. The molecule has 0 aromatic carbocycles. The predicted molar refractivity (Wildman–Crippen MR) is 68.0 cm³/mol. The second-order valence-electron chi connectivity index (χ2n) is 4.59. The van der Waals surface area contributed by atoms with E-state index in [1.54, 1.807) is 0 Å². The maximum Gasteiger partial charge on any atom is 0.0858 e. The van der Waals surface area contributed by atoms with Crippen molar-refractivity contribution in [3.8, 4) is 0 Å². The largest absolute Gasteiger partial charge is 0.374 e. The van der Waals surface area contributed by atoms with Crippen LogP contribution in [0.25, 0.3) is 0 Å². The number of hydrogen-bond acceptors (Lipinski definition) is 4. The van der Waals surface area contributed by atoms with Crippen molar-refractivity contribution in [2.75, 3.05) is 33.8 Å². The highest BCUT2D eigenvalue weighted by Crippen LogP contribution is 2.11. The summed E-state index contributed by atoms with van der Waals surface area (Å²) in [5, 5.41) is 3.35. The SMILES string of the molecule is CNC(Cc1ccccn1)C1CN(C)CCO1. The zero-order chi connectivity index (χ0) is 12.1. The molecule has 2 rings (SSSR count). The van der Waals surface area contributed by atoms with Crippen molar-refractivity contribution in [1.29, 1.82) is 0 Å². The summed E-state index contributed by atoms with van der Waals surface area (Å²) in [6.45, 7) is 2.83. The lowest BCUT2D eigenvalue weighted by atomic mass is 10.0. The smallest absolute Gasteiger partial charge is 0.0858 e. The molecule has 1 saturated heterocycles. The zero-order valence-corrected chi connectivity index (χ0v) is 10.6. The normalized spacial score (nSPS) is 23.5. The third kappa shape index (κ3) is 3.49. The van der Waals surface area contributed by atoms with Gasteiger partial charge in [0, 0.05) is 37.4 Å². The lowest BCUT2D eigenvalue weighted by Gasteiger charge is -2.35. The average Bonchev–Trinajstić information content (AvgIpc) is 2.37. The van der Waals surface area contributed by atoms with Gasteiger partial charge in [0.25, 0.3) is 0 Å². The molecule has 1 aromatic heterocycles. The topological polar surface area (TPSA) is 37.4 Å². The Hall–Kier alpha value is -0.970. The minimum atomic E-state index is 0.251. The maximum atomic E-state index is 5.84. The molecule has 1 fully saturated rings. The van der Waals surface area contributed by atoms with E-state index in [-0.39, 0.29) is 6.10 Å². The van der Waals surface area contributed by atoms with Crippen LogP contribution >= 0.6 is 0 Å². The standard InChI is InChI=1S/C13H21N3O/c1-14-12(9-11-5-3-4-6-15-11)13-10-16(2)7-8-17-13/h3-6,12-14H,7-10H2,1-2H3. The maximum absolute atomic E-state index is 5.84. The molecule has 1 aliphatic heterocycles. The van der Waals surface area contributed by atoms with E-state index in [4.69, 9.17) is 4.74 Å². The summed E-state index contributed by atoms with van der Waals surface area (Å²) in [5.41, 5.74) is 1.11. The summed E-state index contributed by atoms with van der Waals surface area (Å²) in [4.78, 5) is 6.69. The monoisotopic (exact) mass is 235 g/mol. The first-order valence-electron chi connectivity index (χ1n) is 6.17. The Balaban J connectivity index is 1.96. The van der Waals surface area contributed by atoms with Gasteiger partial charge in [0.15, 0.2) is 0 Å². The highest BCUT2D eigenvalue weighted by atomic mass is 16.5. The minimum absolute atomic E-state index is 0.251. The van der Waals surface area contributed by atoms with Crippen LogP contribution in [0.1, 0.15) is 5.69 Å². The van der Waals surface area contributed by atoms with Gasteiger partial charge in [-0.25, -0.2) is 0 Å². The molecular weight excluding hydrogens is 214 g/mol. The van der Waals surface area contributed by atoms with Crippen LogP contribution in [0.4, 0.5) is 0 Å². The molecule has 2 unspecified atom stereocenters. The van der Waals surface area contributed by atoms with E-state index < -0.39 is 0 Å². The van der Waals surface area contributed by atoms with Crippen molar-refractivity contribution in [3.63, 3.8) is 0 Å². The Kier molecular flexibility index (Phi) is 4.48. The van der Waals surface area contributed by atoms with E-state index in [9.17, 15) is 0 Å². The summed E-state index contributed by atoms with van der Waals surface area (Å²) in [6.07, 6.45) is 3.01. The highest BCUT2D eigenvalue weighted by Gasteiger charge is 2.25. The molecular formula is C13H21N3O. The number of ether oxygens (including phenoxy) is 1. The summed E-state index contributed by atoms with van der Waals surface area (Å²) in [6, 6.07) is 6.37. The molecule has 0 saturated carbocycles. The van der Waals surface area contributed by atoms with Crippen molar-refractivity contribution in [1.82, 2.24) is 15.2 Å². The third-order valence-corrected chi connectivity index (χ3v) is 3.27. The Labute approximate surface area is 103 Å². The Morgan fingerprint density at radius 2 is 2.47 bits per heavy atom. The lowest BCUT2D eigenvalue weighted by Crippen LogP contribution is -2.51. The van der Waals surface area contributed by atoms with Gasteiger partial charge in [0.2, 0.25) is 0 Å². The molecule has 94 valence electrons. The van der Waals surface area contributed by atoms with Crippen LogP contribution in [0.3, 0.4) is 0 Å². The van der Waals surface area contributed by atoms with E-state index in [2.05, 4.69) is 28.3 Å². The Morgan fingerprint density at radius 3 is 3.12 bits per heavy atom. The summed E-state index contributed by atoms with van der Waals surface area (Å²) >= 11 is 0. The van der Waals surface area contributed by atoms with Crippen LogP contribution in [0.2, 0.25) is 0 Å². The van der Waals surface area contributed by atoms with Crippen LogP contribution in [0.15, 0.2) is 24.4 Å². The molecule has 1 aliphatic rings. The quantitative estimate of drug-likeness (QED) is 0.826. The molecule has 0 spiro atoms. The van der Waals surface area contributed by atoms with E-state index in [1.165, 1.54) is 0 Å². The highest BCUT2D eigenvalue weighted by molar-refractivity contribution is 5.06. The lowest BCUT2D eigenvalue weighted by molar-refractivity contribution is -0.0373. The van der Waals surface area contributed by atoms with Gasteiger partial charge < -0.3 is 15.0 Å². The number of rotatable bonds is 4. The fourth-order valence-electron chi connectivity index (χ4n) is 2.22. The van der Waals surface area contributed by atoms with Gasteiger partial charge in [0.05, 0.1) is 12.7 Å². The average molecular weight is 235 g/mol. The fourth-order valence-corrected chi connectivity index (χ4v) is 2.22. The van der Waals surface area contributed by atoms with Crippen LogP contribution in [-0.2, 0) is 11.2 Å². The van der Waals surface area contributed by atoms with Gasteiger partial charge in [-0.1, -0.05) is 6.07 Å². The first kappa shape index (κ1) is 12.5. The van der Waals surface area contributed by atoms with Gasteiger partial charge in [0.1, 0.15) is 0 Å². The first-order valence-corrected chi connectivity index (χ1v) is 6.17. The number of likely N-dealkylation sites (N-methyl/N-ethyl adjacent to an activating group) is 2. The van der Waals surface area contributed by atoms with Gasteiger partial charge in [-0.05, 0) is 26.2 Å². The summed E-state index contributed by atoms with van der Waals surface area (Å²) in [5.74, 6) is 0. The van der Waals surface area contributed by atoms with Crippen LogP contribution in [0, 0.1) is 0 Å². The van der Waals surface area contributed by atoms with Crippen molar-refractivity contribution in [3.05, 3.63) is 30.1 Å². The number of hydrogen-bond donors (Lipinski definition) is 1. The van der Waals surface area contributed by atoms with Gasteiger partial charge in [-0.3, -0.25) is 4.98 Å². The molecule has 17 heavy (non-hydrogen) atoms. The van der Waals surface area contributed by atoms with Crippen molar-refractivity contribution in [2.45, 2.75) is 18.6 Å². The number of nitrogens with one attached hydrogen (secondary N) is 1. The summed E-state index contributed by atoms with van der Waals surface area (Å²) < 4.78 is 5.84. The second kappa shape index (κ2) is 6.10. The molecule has 1 N–H and O–H groups in total. The third-order valence-electron chi connectivity index (χ3n) is 3.27. The number of nitrogens with zero attached hydrogens (tertiary/aromatic N) is 2. The van der Waals surface area contributed by atoms with Crippen molar-refractivity contribution < 1.29 is 4.74 Å².